The summed E-state index contributed by atoms with van der Waals surface area (Å²) in [6.07, 6.45) is 2.58. The standard InChI is InChI=1S/C26H26ClN3O2/c1-18-7-9-25(31-18)22-16-23-21-15-20(27)8-10-24(21)32-26(30(23)28-22)11-13-29(14-12-26)17-19-5-3-2-4-6-19/h2-10,15,23H,11-14,16-17H2,1H3. The molecule has 6 rings (SSSR count). The van der Waals surface area contributed by atoms with Gasteiger partial charge in [-0.2, -0.15) is 5.10 Å². The highest BCUT2D eigenvalue weighted by atomic mass is 35.5. The van der Waals surface area contributed by atoms with Crippen molar-refractivity contribution < 1.29 is 9.15 Å². The van der Waals surface area contributed by atoms with Crippen molar-refractivity contribution in [3.05, 3.63) is 88.3 Å². The number of halogens is 1. The molecule has 0 bridgehead atoms. The maximum absolute atomic E-state index is 6.72. The van der Waals surface area contributed by atoms with E-state index in [0.717, 1.165) is 72.5 Å². The normalized spacial score (nSPS) is 21.8. The minimum atomic E-state index is -0.442. The summed E-state index contributed by atoms with van der Waals surface area (Å²) in [5, 5.41) is 8.01. The summed E-state index contributed by atoms with van der Waals surface area (Å²) in [5.41, 5.74) is 2.99. The Morgan fingerprint density at radius 2 is 1.88 bits per heavy atom. The first kappa shape index (κ1) is 19.9. The number of ether oxygens (including phenoxy) is 1. The Morgan fingerprint density at radius 3 is 2.62 bits per heavy atom. The summed E-state index contributed by atoms with van der Waals surface area (Å²) in [6, 6.07) is 20.7. The Balaban J connectivity index is 1.31. The molecule has 0 aliphatic carbocycles. The van der Waals surface area contributed by atoms with Crippen molar-refractivity contribution in [2.24, 2.45) is 5.10 Å². The molecule has 3 aliphatic rings. The number of benzene rings is 2. The third-order valence-electron chi connectivity index (χ3n) is 6.87. The van der Waals surface area contributed by atoms with Gasteiger partial charge in [0.2, 0.25) is 5.72 Å². The van der Waals surface area contributed by atoms with Gasteiger partial charge in [-0.05, 0) is 42.8 Å². The molecule has 1 fully saturated rings. The highest BCUT2D eigenvalue weighted by Gasteiger charge is 2.52. The number of aryl methyl sites for hydroxylation is 1. The second kappa shape index (κ2) is 7.68. The molecular formula is C26H26ClN3O2. The zero-order chi connectivity index (χ0) is 21.7. The van der Waals surface area contributed by atoms with Crippen LogP contribution in [0.5, 0.6) is 5.75 Å². The lowest BCUT2D eigenvalue weighted by Crippen LogP contribution is -2.59. The van der Waals surface area contributed by atoms with Gasteiger partial charge in [0.15, 0.2) is 0 Å². The fraction of sp³-hybridized carbons (Fsp3) is 0.346. The van der Waals surface area contributed by atoms with Crippen LogP contribution in [0.25, 0.3) is 0 Å². The van der Waals surface area contributed by atoms with Crippen molar-refractivity contribution in [2.45, 2.75) is 44.5 Å². The molecule has 6 heteroatoms. The Labute approximate surface area is 193 Å². The molecule has 32 heavy (non-hydrogen) atoms. The van der Waals surface area contributed by atoms with E-state index in [2.05, 4.69) is 40.2 Å². The van der Waals surface area contributed by atoms with E-state index in [-0.39, 0.29) is 6.04 Å². The van der Waals surface area contributed by atoms with E-state index in [1.165, 1.54) is 5.56 Å². The largest absolute Gasteiger partial charge is 0.466 e. The van der Waals surface area contributed by atoms with Crippen LogP contribution in [0.2, 0.25) is 5.02 Å². The number of hydrogen-bond acceptors (Lipinski definition) is 5. The van der Waals surface area contributed by atoms with E-state index in [1.807, 2.05) is 37.3 Å². The molecule has 2 aromatic carbocycles. The Bertz CT molecular complexity index is 1160. The summed E-state index contributed by atoms with van der Waals surface area (Å²) in [6.45, 7) is 4.86. The van der Waals surface area contributed by atoms with Gasteiger partial charge in [-0.1, -0.05) is 41.9 Å². The summed E-state index contributed by atoms with van der Waals surface area (Å²) in [4.78, 5) is 2.51. The number of likely N-dealkylation sites (tertiary alicyclic amines) is 1. The van der Waals surface area contributed by atoms with Crippen LogP contribution in [-0.4, -0.2) is 34.4 Å². The molecule has 0 radical (unpaired) electrons. The average Bonchev–Trinajstić information content (AvgIpc) is 3.44. The van der Waals surface area contributed by atoms with Gasteiger partial charge in [-0.25, -0.2) is 5.01 Å². The van der Waals surface area contributed by atoms with Crippen LogP contribution in [0.1, 0.15) is 48.0 Å². The highest BCUT2D eigenvalue weighted by Crippen LogP contribution is 2.50. The third-order valence-corrected chi connectivity index (χ3v) is 7.10. The Kier molecular flexibility index (Phi) is 4.77. The summed E-state index contributed by atoms with van der Waals surface area (Å²) in [5.74, 6) is 2.67. The number of furan rings is 1. The first-order chi connectivity index (χ1) is 15.6. The zero-order valence-corrected chi connectivity index (χ0v) is 18.9. The number of rotatable bonds is 3. The van der Waals surface area contributed by atoms with Crippen LogP contribution >= 0.6 is 11.6 Å². The minimum Gasteiger partial charge on any atom is -0.466 e. The number of hydrazone groups is 1. The van der Waals surface area contributed by atoms with Gasteiger partial charge in [0.05, 0.1) is 6.04 Å². The molecular weight excluding hydrogens is 422 g/mol. The summed E-state index contributed by atoms with van der Waals surface area (Å²) in [7, 11) is 0. The summed E-state index contributed by atoms with van der Waals surface area (Å²) < 4.78 is 12.6. The number of hydrogen-bond donors (Lipinski definition) is 0. The van der Waals surface area contributed by atoms with E-state index < -0.39 is 5.72 Å². The number of nitrogens with zero attached hydrogens (tertiary/aromatic N) is 3. The third kappa shape index (κ3) is 3.40. The van der Waals surface area contributed by atoms with Crippen molar-refractivity contribution in [1.82, 2.24) is 9.91 Å². The van der Waals surface area contributed by atoms with Crippen molar-refractivity contribution in [2.75, 3.05) is 13.1 Å². The fourth-order valence-electron chi connectivity index (χ4n) is 5.22. The molecule has 0 N–H and O–H groups in total. The van der Waals surface area contributed by atoms with Crippen LogP contribution < -0.4 is 4.74 Å². The van der Waals surface area contributed by atoms with Crippen molar-refractivity contribution in [3.8, 4) is 5.75 Å². The maximum atomic E-state index is 6.72. The molecule has 0 amide bonds. The Hall–Kier alpha value is -2.76. The fourth-order valence-corrected chi connectivity index (χ4v) is 5.40. The van der Waals surface area contributed by atoms with Gasteiger partial charge < -0.3 is 9.15 Å². The minimum absolute atomic E-state index is 0.110. The molecule has 0 saturated carbocycles. The smallest absolute Gasteiger partial charge is 0.200 e. The van der Waals surface area contributed by atoms with E-state index in [4.69, 9.17) is 25.9 Å². The lowest BCUT2D eigenvalue weighted by molar-refractivity contribution is -0.150. The van der Waals surface area contributed by atoms with Gasteiger partial charge in [-0.3, -0.25) is 4.90 Å². The van der Waals surface area contributed by atoms with Gasteiger partial charge >= 0.3 is 0 Å². The lowest BCUT2D eigenvalue weighted by Gasteiger charge is -2.51. The average molecular weight is 448 g/mol. The molecule has 164 valence electrons. The van der Waals surface area contributed by atoms with E-state index in [1.54, 1.807) is 0 Å². The van der Waals surface area contributed by atoms with Gasteiger partial charge in [0.1, 0.15) is 23.0 Å². The molecule has 1 aromatic heterocycles. The van der Waals surface area contributed by atoms with Crippen molar-refractivity contribution in [1.29, 1.82) is 0 Å². The predicted molar refractivity (Wildman–Crippen MR) is 125 cm³/mol. The SMILES string of the molecule is Cc1ccc(C2=NN3C(C2)c2cc(Cl)ccc2OC32CCN(Cc3ccccc3)CC2)o1. The van der Waals surface area contributed by atoms with Crippen LogP contribution in [0.4, 0.5) is 0 Å². The van der Waals surface area contributed by atoms with Crippen LogP contribution in [0.3, 0.4) is 0 Å². The van der Waals surface area contributed by atoms with Crippen molar-refractivity contribution >= 4 is 17.3 Å². The second-order valence-electron chi connectivity index (χ2n) is 9.01. The van der Waals surface area contributed by atoms with Gasteiger partial charge in [-0.15, -0.1) is 0 Å². The van der Waals surface area contributed by atoms with Crippen LogP contribution in [-0.2, 0) is 6.54 Å². The molecule has 1 saturated heterocycles. The molecule has 1 spiro atoms. The number of piperidine rings is 1. The van der Waals surface area contributed by atoms with E-state index in [9.17, 15) is 0 Å². The molecule has 3 aromatic rings. The van der Waals surface area contributed by atoms with Crippen LogP contribution in [0.15, 0.2) is 70.2 Å². The Morgan fingerprint density at radius 1 is 1.06 bits per heavy atom. The van der Waals surface area contributed by atoms with E-state index in [0.29, 0.717) is 0 Å². The monoisotopic (exact) mass is 447 g/mol. The summed E-state index contributed by atoms with van der Waals surface area (Å²) >= 11 is 6.36. The maximum Gasteiger partial charge on any atom is 0.200 e. The molecule has 3 aliphatic heterocycles. The molecule has 1 unspecified atom stereocenters. The van der Waals surface area contributed by atoms with Gasteiger partial charge in [0.25, 0.3) is 0 Å². The first-order valence-corrected chi connectivity index (χ1v) is 11.7. The molecule has 5 nitrogen and oxygen atoms in total. The molecule has 1 atom stereocenters. The van der Waals surface area contributed by atoms with E-state index >= 15 is 0 Å². The predicted octanol–water partition coefficient (Wildman–Crippen LogP) is 5.78. The van der Waals surface area contributed by atoms with Crippen molar-refractivity contribution in [3.63, 3.8) is 0 Å². The molecule has 4 heterocycles. The quantitative estimate of drug-likeness (QED) is 0.510. The lowest BCUT2D eigenvalue weighted by atomic mass is 9.91. The second-order valence-corrected chi connectivity index (χ2v) is 9.45. The van der Waals surface area contributed by atoms with Crippen LogP contribution in [0, 0.1) is 6.92 Å². The first-order valence-electron chi connectivity index (χ1n) is 11.3. The highest BCUT2D eigenvalue weighted by molar-refractivity contribution is 6.30. The van der Waals surface area contributed by atoms with Gasteiger partial charge in [0, 0.05) is 49.5 Å². The zero-order valence-electron chi connectivity index (χ0n) is 18.1. The topological polar surface area (TPSA) is 41.2 Å². The number of fused-ring (bicyclic) bond motifs is 4.